The van der Waals surface area contributed by atoms with E-state index in [-0.39, 0.29) is 22.8 Å². The number of carbonyl (C=O) groups is 1. The van der Waals surface area contributed by atoms with E-state index in [0.717, 1.165) is 0 Å². The number of ether oxygens (including phenoxy) is 1. The van der Waals surface area contributed by atoms with Crippen molar-refractivity contribution < 1.29 is 14.5 Å². The molecule has 0 heterocycles. The summed E-state index contributed by atoms with van der Waals surface area (Å²) in [4.78, 5) is 21.8. The molecule has 5 heteroatoms. The van der Waals surface area contributed by atoms with E-state index in [2.05, 4.69) is 0 Å². The minimum atomic E-state index is -0.520. The molecule has 0 saturated carbocycles. The number of ketones is 1. The smallest absolute Gasteiger partial charge is 0.314 e. The molecule has 0 aliphatic rings. The van der Waals surface area contributed by atoms with Gasteiger partial charge in [-0.2, -0.15) is 0 Å². The molecule has 0 bridgehead atoms. The van der Waals surface area contributed by atoms with Crippen molar-refractivity contribution in [3.63, 3.8) is 0 Å². The second-order valence-corrected chi connectivity index (χ2v) is 3.56. The van der Waals surface area contributed by atoms with Crippen LogP contribution in [0.1, 0.15) is 28.4 Å². The van der Waals surface area contributed by atoms with Gasteiger partial charge in [0.15, 0.2) is 5.78 Å². The quantitative estimate of drug-likeness (QED) is 0.448. The molecule has 0 aromatic heterocycles. The van der Waals surface area contributed by atoms with Crippen molar-refractivity contribution >= 4 is 11.5 Å². The number of rotatable bonds is 3. The predicted molar refractivity (Wildman–Crippen MR) is 59.1 cm³/mol. The topological polar surface area (TPSA) is 69.4 Å². The number of hydrogen-bond donors (Lipinski definition) is 0. The van der Waals surface area contributed by atoms with Crippen LogP contribution in [-0.2, 0) is 0 Å². The monoisotopic (exact) mass is 223 g/mol. The summed E-state index contributed by atoms with van der Waals surface area (Å²) in [6.07, 6.45) is 0. The molecule has 0 fully saturated rings. The van der Waals surface area contributed by atoms with Crippen LogP contribution in [0.3, 0.4) is 0 Å². The van der Waals surface area contributed by atoms with E-state index < -0.39 is 4.92 Å². The molecule has 0 radical (unpaired) electrons. The molecule has 0 unspecified atom stereocenters. The number of methoxy groups -OCH3 is 1. The minimum absolute atomic E-state index is 0.0422. The fraction of sp³-hybridized carbons (Fsp3) is 0.364. The number of Topliss-reactive ketones (excluding diaryl/α,β-unsaturated/α-hetero) is 1. The van der Waals surface area contributed by atoms with E-state index in [1.807, 2.05) is 0 Å². The Hall–Kier alpha value is -1.91. The number of benzene rings is 1. The van der Waals surface area contributed by atoms with Gasteiger partial charge < -0.3 is 4.74 Å². The van der Waals surface area contributed by atoms with E-state index in [9.17, 15) is 14.9 Å². The van der Waals surface area contributed by atoms with Crippen LogP contribution in [-0.4, -0.2) is 17.8 Å². The fourth-order valence-electron chi connectivity index (χ4n) is 1.56. The summed E-state index contributed by atoms with van der Waals surface area (Å²) >= 11 is 0. The summed E-state index contributed by atoms with van der Waals surface area (Å²) in [6, 6.07) is 1.61. The zero-order valence-electron chi connectivity index (χ0n) is 9.66. The van der Waals surface area contributed by atoms with Gasteiger partial charge in [0.1, 0.15) is 0 Å². The Morgan fingerprint density at radius 3 is 2.38 bits per heavy atom. The van der Waals surface area contributed by atoms with E-state index in [1.165, 1.54) is 14.0 Å². The lowest BCUT2D eigenvalue weighted by molar-refractivity contribution is -0.386. The highest BCUT2D eigenvalue weighted by molar-refractivity contribution is 5.98. The average Bonchev–Trinajstić information content (AvgIpc) is 2.20. The van der Waals surface area contributed by atoms with Crippen LogP contribution in [0.4, 0.5) is 5.69 Å². The van der Waals surface area contributed by atoms with Crippen LogP contribution >= 0.6 is 0 Å². The van der Waals surface area contributed by atoms with Crippen molar-refractivity contribution in [1.82, 2.24) is 0 Å². The van der Waals surface area contributed by atoms with Gasteiger partial charge in [0.2, 0.25) is 5.75 Å². The largest absolute Gasteiger partial charge is 0.490 e. The predicted octanol–water partition coefficient (Wildman–Crippen LogP) is 2.42. The number of carbonyl (C=O) groups excluding carboxylic acids is 1. The first-order chi connectivity index (χ1) is 7.40. The molecule has 0 atom stereocenters. The van der Waals surface area contributed by atoms with E-state index in [1.54, 1.807) is 19.9 Å². The molecule has 0 amide bonds. The van der Waals surface area contributed by atoms with Crippen LogP contribution < -0.4 is 4.74 Å². The minimum Gasteiger partial charge on any atom is -0.490 e. The van der Waals surface area contributed by atoms with Gasteiger partial charge in [-0.1, -0.05) is 0 Å². The van der Waals surface area contributed by atoms with Crippen molar-refractivity contribution in [3.05, 3.63) is 32.9 Å². The zero-order chi connectivity index (χ0) is 12.5. The normalized spacial score (nSPS) is 10.0. The van der Waals surface area contributed by atoms with Crippen molar-refractivity contribution in [1.29, 1.82) is 0 Å². The lowest BCUT2D eigenvalue weighted by Crippen LogP contribution is -2.05. The van der Waals surface area contributed by atoms with Gasteiger partial charge in [-0.15, -0.1) is 0 Å². The van der Waals surface area contributed by atoms with Gasteiger partial charge in [-0.25, -0.2) is 0 Å². The Morgan fingerprint density at radius 1 is 1.44 bits per heavy atom. The summed E-state index contributed by atoms with van der Waals surface area (Å²) in [5.74, 6) is -0.205. The zero-order valence-corrected chi connectivity index (χ0v) is 9.66. The summed E-state index contributed by atoms with van der Waals surface area (Å²) in [5, 5.41) is 10.9. The summed E-state index contributed by atoms with van der Waals surface area (Å²) in [6.45, 7) is 4.73. The molecule has 86 valence electrons. The maximum Gasteiger partial charge on any atom is 0.314 e. The second kappa shape index (κ2) is 4.30. The third-order valence-electron chi connectivity index (χ3n) is 2.53. The standard InChI is InChI=1S/C11H13NO4/c1-6-5-9(8(3)13)11(16-4)10(7(6)2)12(14)15/h5H,1-4H3. The number of nitro benzene ring substituents is 1. The van der Waals surface area contributed by atoms with Crippen molar-refractivity contribution in [3.8, 4) is 5.75 Å². The highest BCUT2D eigenvalue weighted by atomic mass is 16.6. The molecular formula is C11H13NO4. The average molecular weight is 223 g/mol. The van der Waals surface area contributed by atoms with Gasteiger partial charge >= 0.3 is 5.69 Å². The second-order valence-electron chi connectivity index (χ2n) is 3.56. The van der Waals surface area contributed by atoms with Crippen molar-refractivity contribution in [2.24, 2.45) is 0 Å². The van der Waals surface area contributed by atoms with Gasteiger partial charge in [0.25, 0.3) is 0 Å². The van der Waals surface area contributed by atoms with Crippen LogP contribution in [0, 0.1) is 24.0 Å². The van der Waals surface area contributed by atoms with Gasteiger partial charge in [-0.05, 0) is 32.4 Å². The van der Waals surface area contributed by atoms with Crippen LogP contribution in [0.2, 0.25) is 0 Å². The first kappa shape index (κ1) is 12.2. The van der Waals surface area contributed by atoms with Gasteiger partial charge in [-0.3, -0.25) is 14.9 Å². The van der Waals surface area contributed by atoms with Crippen LogP contribution in [0.5, 0.6) is 5.75 Å². The molecule has 5 nitrogen and oxygen atoms in total. The third-order valence-corrected chi connectivity index (χ3v) is 2.53. The molecule has 0 spiro atoms. The Kier molecular flexibility index (Phi) is 3.27. The Bertz CT molecular complexity index is 466. The van der Waals surface area contributed by atoms with E-state index >= 15 is 0 Å². The molecule has 1 aromatic rings. The summed E-state index contributed by atoms with van der Waals surface area (Å²) < 4.78 is 4.97. The molecule has 1 aromatic carbocycles. The first-order valence-electron chi connectivity index (χ1n) is 4.73. The Balaban J connectivity index is 3.68. The van der Waals surface area contributed by atoms with Gasteiger partial charge in [0.05, 0.1) is 17.6 Å². The van der Waals surface area contributed by atoms with E-state index in [0.29, 0.717) is 11.1 Å². The highest BCUT2D eigenvalue weighted by Crippen LogP contribution is 2.36. The van der Waals surface area contributed by atoms with Crippen LogP contribution in [0.15, 0.2) is 6.07 Å². The summed E-state index contributed by atoms with van der Waals surface area (Å²) in [5.41, 5.74) is 1.34. The molecule has 16 heavy (non-hydrogen) atoms. The highest BCUT2D eigenvalue weighted by Gasteiger charge is 2.25. The maximum atomic E-state index is 11.4. The molecule has 0 aliphatic carbocycles. The Morgan fingerprint density at radius 2 is 2.00 bits per heavy atom. The van der Waals surface area contributed by atoms with Gasteiger partial charge in [0, 0.05) is 5.56 Å². The number of aryl methyl sites for hydroxylation is 1. The van der Waals surface area contributed by atoms with Crippen molar-refractivity contribution in [2.75, 3.05) is 7.11 Å². The molecular weight excluding hydrogens is 210 g/mol. The number of hydrogen-bond acceptors (Lipinski definition) is 4. The molecule has 1 rings (SSSR count). The third kappa shape index (κ3) is 1.88. The fourth-order valence-corrected chi connectivity index (χ4v) is 1.56. The van der Waals surface area contributed by atoms with Crippen LogP contribution in [0.25, 0.3) is 0 Å². The van der Waals surface area contributed by atoms with E-state index in [4.69, 9.17) is 4.74 Å². The number of nitrogens with zero attached hydrogens (tertiary/aromatic N) is 1. The lowest BCUT2D eigenvalue weighted by atomic mass is 10.0. The summed E-state index contributed by atoms with van der Waals surface area (Å²) in [7, 11) is 1.32. The first-order valence-corrected chi connectivity index (χ1v) is 4.73. The molecule has 0 aliphatic heterocycles. The molecule has 0 saturated heterocycles. The SMILES string of the molecule is COc1c(C(C)=O)cc(C)c(C)c1[N+](=O)[O-]. The maximum absolute atomic E-state index is 11.4. The molecule has 0 N–H and O–H groups in total. The van der Waals surface area contributed by atoms with Crippen molar-refractivity contribution in [2.45, 2.75) is 20.8 Å². The number of nitro groups is 1. The Labute approximate surface area is 93.2 Å². The lowest BCUT2D eigenvalue weighted by Gasteiger charge is -2.10.